The van der Waals surface area contributed by atoms with Gasteiger partial charge in [-0.2, -0.15) is 0 Å². The summed E-state index contributed by atoms with van der Waals surface area (Å²) in [5.41, 5.74) is 2.47. The number of aromatic nitrogens is 1. The van der Waals surface area contributed by atoms with Gasteiger partial charge < -0.3 is 10.6 Å². The number of carbonyl (C=O) groups is 1. The fraction of sp³-hybridized carbons (Fsp3) is 0.333. The summed E-state index contributed by atoms with van der Waals surface area (Å²) in [6.07, 6.45) is 4.53. The maximum absolute atomic E-state index is 13.1. The summed E-state index contributed by atoms with van der Waals surface area (Å²) in [6.45, 7) is 0. The fourth-order valence-electron chi connectivity index (χ4n) is 4.35. The summed E-state index contributed by atoms with van der Waals surface area (Å²) in [4.78, 5) is 19.0. The number of hydrogen-bond donors (Lipinski definition) is 2. The third-order valence-electron chi connectivity index (χ3n) is 5.54. The highest BCUT2D eigenvalue weighted by Gasteiger charge is 2.34. The number of piperidine rings is 1. The molecule has 2 N–H and O–H groups in total. The van der Waals surface area contributed by atoms with Crippen LogP contribution in [0.5, 0.6) is 0 Å². The van der Waals surface area contributed by atoms with E-state index in [2.05, 4.69) is 10.6 Å². The van der Waals surface area contributed by atoms with Crippen LogP contribution in [0.25, 0.3) is 21.5 Å². The van der Waals surface area contributed by atoms with Gasteiger partial charge in [-0.05, 0) is 49.3 Å². The van der Waals surface area contributed by atoms with Gasteiger partial charge in [-0.25, -0.2) is 4.98 Å². The zero-order valence-corrected chi connectivity index (χ0v) is 15.3. The molecule has 26 heavy (non-hydrogen) atoms. The maximum atomic E-state index is 13.1. The van der Waals surface area contributed by atoms with Crippen LogP contribution in [0.4, 0.5) is 0 Å². The van der Waals surface area contributed by atoms with Crippen molar-refractivity contribution in [2.75, 3.05) is 0 Å². The number of para-hydroxylation sites is 1. The van der Waals surface area contributed by atoms with E-state index >= 15 is 0 Å². The molecular formula is C21H21N3OS. The number of amides is 1. The standard InChI is InChI=1S/C21H21N3OS/c25-21(23-15-10-13-7-8-14(11-15)22-13)17-12-19(20-6-3-9-26-20)24-18-5-2-1-4-16(17)18/h1-6,9,12-15,22H,7-8,10-11H2,(H,23,25). The second-order valence-electron chi connectivity index (χ2n) is 7.33. The zero-order chi connectivity index (χ0) is 17.5. The Balaban J connectivity index is 1.49. The first-order valence-corrected chi connectivity index (χ1v) is 10.1. The Morgan fingerprint density at radius 2 is 1.92 bits per heavy atom. The predicted molar refractivity (Wildman–Crippen MR) is 105 cm³/mol. The van der Waals surface area contributed by atoms with E-state index in [0.29, 0.717) is 12.1 Å². The van der Waals surface area contributed by atoms with Gasteiger partial charge in [0.25, 0.3) is 5.91 Å². The first-order valence-electron chi connectivity index (χ1n) is 9.27. The largest absolute Gasteiger partial charge is 0.349 e. The van der Waals surface area contributed by atoms with Crippen LogP contribution in [0, 0.1) is 0 Å². The highest BCUT2D eigenvalue weighted by molar-refractivity contribution is 7.13. The summed E-state index contributed by atoms with van der Waals surface area (Å²) in [7, 11) is 0. The van der Waals surface area contributed by atoms with Gasteiger partial charge in [0.2, 0.25) is 0 Å². The summed E-state index contributed by atoms with van der Waals surface area (Å²) in [5, 5.41) is 9.89. The van der Waals surface area contributed by atoms with Crippen molar-refractivity contribution in [1.82, 2.24) is 15.6 Å². The first-order chi connectivity index (χ1) is 12.8. The molecular weight excluding hydrogens is 342 g/mol. The molecule has 2 aliphatic heterocycles. The number of hydrogen-bond acceptors (Lipinski definition) is 4. The number of nitrogens with zero attached hydrogens (tertiary/aromatic N) is 1. The Kier molecular flexibility index (Phi) is 3.98. The van der Waals surface area contributed by atoms with Gasteiger partial charge in [-0.1, -0.05) is 24.3 Å². The van der Waals surface area contributed by atoms with Crippen molar-refractivity contribution < 1.29 is 4.79 Å². The normalized spacial score (nSPS) is 24.7. The van der Waals surface area contributed by atoms with Gasteiger partial charge in [-0.15, -0.1) is 11.3 Å². The van der Waals surface area contributed by atoms with Crippen molar-refractivity contribution in [2.45, 2.75) is 43.8 Å². The lowest BCUT2D eigenvalue weighted by Gasteiger charge is -2.29. The summed E-state index contributed by atoms with van der Waals surface area (Å²) in [5.74, 6) is 0.0210. The maximum Gasteiger partial charge on any atom is 0.252 e. The van der Waals surface area contributed by atoms with Gasteiger partial charge in [0.1, 0.15) is 0 Å². The van der Waals surface area contributed by atoms with Crippen molar-refractivity contribution in [3.63, 3.8) is 0 Å². The fourth-order valence-corrected chi connectivity index (χ4v) is 5.04. The van der Waals surface area contributed by atoms with Crippen LogP contribution in [0.1, 0.15) is 36.0 Å². The molecule has 5 rings (SSSR count). The van der Waals surface area contributed by atoms with Crippen LogP contribution in [0.3, 0.4) is 0 Å². The monoisotopic (exact) mass is 363 g/mol. The third-order valence-corrected chi connectivity index (χ3v) is 6.44. The average molecular weight is 363 g/mol. The van der Waals surface area contributed by atoms with E-state index < -0.39 is 0 Å². The summed E-state index contributed by atoms with van der Waals surface area (Å²) in [6, 6.07) is 15.3. The molecule has 1 amide bonds. The number of rotatable bonds is 3. The lowest BCUT2D eigenvalue weighted by atomic mass is 9.99. The van der Waals surface area contributed by atoms with Crippen molar-refractivity contribution >= 4 is 28.1 Å². The smallest absolute Gasteiger partial charge is 0.252 e. The number of benzene rings is 1. The minimum absolute atomic E-state index is 0.0210. The number of nitrogens with one attached hydrogen (secondary N) is 2. The molecule has 3 aromatic rings. The van der Waals surface area contributed by atoms with Gasteiger partial charge in [0, 0.05) is 23.5 Å². The van der Waals surface area contributed by atoms with Crippen LogP contribution in [-0.2, 0) is 0 Å². The van der Waals surface area contributed by atoms with Gasteiger partial charge in [-0.3, -0.25) is 4.79 Å². The molecule has 2 saturated heterocycles. The quantitative estimate of drug-likeness (QED) is 0.740. The Hall–Kier alpha value is -2.24. The molecule has 0 aliphatic carbocycles. The molecule has 2 atom stereocenters. The lowest BCUT2D eigenvalue weighted by molar-refractivity contribution is 0.0925. The molecule has 2 aliphatic rings. The Morgan fingerprint density at radius 3 is 2.69 bits per heavy atom. The van der Waals surface area contributed by atoms with E-state index in [9.17, 15) is 4.79 Å². The minimum Gasteiger partial charge on any atom is -0.349 e. The first kappa shape index (κ1) is 16.0. The van der Waals surface area contributed by atoms with E-state index in [4.69, 9.17) is 4.98 Å². The van der Waals surface area contributed by atoms with Crippen LogP contribution < -0.4 is 10.6 Å². The molecule has 5 heteroatoms. The minimum atomic E-state index is 0.0210. The van der Waals surface area contributed by atoms with Gasteiger partial charge in [0.15, 0.2) is 0 Å². The second kappa shape index (κ2) is 6.49. The molecule has 2 aromatic heterocycles. The van der Waals surface area contributed by atoms with E-state index in [0.717, 1.165) is 39.9 Å². The van der Waals surface area contributed by atoms with E-state index in [1.54, 1.807) is 11.3 Å². The molecule has 0 spiro atoms. The molecule has 0 saturated carbocycles. The molecule has 0 radical (unpaired) electrons. The van der Waals surface area contributed by atoms with Crippen molar-refractivity contribution in [3.8, 4) is 10.6 Å². The lowest BCUT2D eigenvalue weighted by Crippen LogP contribution is -2.48. The summed E-state index contributed by atoms with van der Waals surface area (Å²) >= 11 is 1.65. The molecule has 132 valence electrons. The Morgan fingerprint density at radius 1 is 1.12 bits per heavy atom. The third kappa shape index (κ3) is 2.91. The van der Waals surface area contributed by atoms with Crippen molar-refractivity contribution in [1.29, 1.82) is 0 Å². The van der Waals surface area contributed by atoms with E-state index in [1.807, 2.05) is 47.8 Å². The number of pyridine rings is 1. The molecule has 2 fully saturated rings. The topological polar surface area (TPSA) is 54.0 Å². The van der Waals surface area contributed by atoms with Crippen LogP contribution >= 0.6 is 11.3 Å². The second-order valence-corrected chi connectivity index (χ2v) is 8.28. The van der Waals surface area contributed by atoms with Gasteiger partial charge >= 0.3 is 0 Å². The molecule has 2 unspecified atom stereocenters. The Bertz CT molecular complexity index is 941. The summed E-state index contributed by atoms with van der Waals surface area (Å²) < 4.78 is 0. The highest BCUT2D eigenvalue weighted by Crippen LogP contribution is 2.29. The van der Waals surface area contributed by atoms with E-state index in [1.165, 1.54) is 12.8 Å². The average Bonchev–Trinajstić information content (AvgIpc) is 3.30. The molecule has 4 nitrogen and oxygen atoms in total. The number of carbonyl (C=O) groups excluding carboxylic acids is 1. The van der Waals surface area contributed by atoms with Crippen LogP contribution in [0.15, 0.2) is 47.8 Å². The van der Waals surface area contributed by atoms with Crippen LogP contribution in [-0.4, -0.2) is 29.0 Å². The number of fused-ring (bicyclic) bond motifs is 3. The van der Waals surface area contributed by atoms with Crippen molar-refractivity contribution in [2.24, 2.45) is 0 Å². The zero-order valence-electron chi connectivity index (χ0n) is 14.4. The molecule has 1 aromatic carbocycles. The van der Waals surface area contributed by atoms with Crippen LogP contribution in [0.2, 0.25) is 0 Å². The SMILES string of the molecule is O=C(NC1CC2CCC(C1)N2)c1cc(-c2cccs2)nc2ccccc12. The molecule has 2 bridgehead atoms. The highest BCUT2D eigenvalue weighted by atomic mass is 32.1. The Labute approximate surface area is 156 Å². The van der Waals surface area contributed by atoms with Gasteiger partial charge in [0.05, 0.1) is 21.7 Å². The molecule has 4 heterocycles. The van der Waals surface area contributed by atoms with Crippen molar-refractivity contribution in [3.05, 3.63) is 53.4 Å². The number of thiophene rings is 1. The van der Waals surface area contributed by atoms with E-state index in [-0.39, 0.29) is 11.9 Å². The predicted octanol–water partition coefficient (Wildman–Crippen LogP) is 3.98.